The molecule has 1 aliphatic heterocycles. The van der Waals surface area contributed by atoms with E-state index in [1.807, 2.05) is 31.2 Å². The topological polar surface area (TPSA) is 46.6 Å². The van der Waals surface area contributed by atoms with Gasteiger partial charge in [0.15, 0.2) is 6.61 Å². The number of carbonyl (C=O) groups is 2. The second-order valence-corrected chi connectivity index (χ2v) is 4.94. The third-order valence-electron chi connectivity index (χ3n) is 3.29. The molecule has 0 saturated carbocycles. The number of ether oxygens (including phenoxy) is 1. The van der Waals surface area contributed by atoms with Gasteiger partial charge < -0.3 is 9.64 Å². The van der Waals surface area contributed by atoms with E-state index in [1.54, 1.807) is 11.0 Å². The van der Waals surface area contributed by atoms with Crippen LogP contribution in [-0.2, 0) is 14.3 Å². The first-order chi connectivity index (χ1) is 9.65. The molecule has 4 nitrogen and oxygen atoms in total. The molecule has 1 fully saturated rings. The molecule has 0 radical (unpaired) electrons. The van der Waals surface area contributed by atoms with Crippen molar-refractivity contribution in [3.63, 3.8) is 0 Å². The average molecular weight is 273 g/mol. The van der Waals surface area contributed by atoms with Crippen molar-refractivity contribution in [3.05, 3.63) is 41.5 Å². The fourth-order valence-corrected chi connectivity index (χ4v) is 2.08. The van der Waals surface area contributed by atoms with Gasteiger partial charge in [-0.1, -0.05) is 29.8 Å². The minimum absolute atomic E-state index is 0.111. The average Bonchev–Trinajstić information content (AvgIpc) is 2.98. The standard InChI is InChI=1S/C16H19NO3/c1-13-4-6-14(7-5-13)8-9-16(19)20-12-15(18)17-10-2-3-11-17/h4-9H,2-3,10-12H2,1H3. The van der Waals surface area contributed by atoms with Crippen molar-refractivity contribution in [3.8, 4) is 0 Å². The van der Waals surface area contributed by atoms with E-state index in [0.29, 0.717) is 0 Å². The summed E-state index contributed by atoms with van der Waals surface area (Å²) >= 11 is 0. The van der Waals surface area contributed by atoms with Crippen LogP contribution in [0, 0.1) is 6.92 Å². The van der Waals surface area contributed by atoms with Gasteiger partial charge in [0.25, 0.3) is 5.91 Å². The third-order valence-corrected chi connectivity index (χ3v) is 3.29. The Morgan fingerprint density at radius 1 is 1.20 bits per heavy atom. The lowest BCUT2D eigenvalue weighted by atomic mass is 10.1. The summed E-state index contributed by atoms with van der Waals surface area (Å²) in [5.41, 5.74) is 2.10. The lowest BCUT2D eigenvalue weighted by Gasteiger charge is -2.14. The maximum Gasteiger partial charge on any atom is 0.331 e. The first-order valence-electron chi connectivity index (χ1n) is 6.84. The van der Waals surface area contributed by atoms with Crippen LogP contribution >= 0.6 is 0 Å². The largest absolute Gasteiger partial charge is 0.452 e. The van der Waals surface area contributed by atoms with Crippen molar-refractivity contribution in [2.45, 2.75) is 19.8 Å². The molecule has 4 heteroatoms. The van der Waals surface area contributed by atoms with E-state index < -0.39 is 5.97 Å². The van der Waals surface area contributed by atoms with Crippen LogP contribution in [0.15, 0.2) is 30.3 Å². The highest BCUT2D eigenvalue weighted by Gasteiger charge is 2.18. The molecule has 20 heavy (non-hydrogen) atoms. The van der Waals surface area contributed by atoms with Crippen molar-refractivity contribution < 1.29 is 14.3 Å². The van der Waals surface area contributed by atoms with E-state index in [2.05, 4.69) is 0 Å². The van der Waals surface area contributed by atoms with Crippen molar-refractivity contribution in [2.75, 3.05) is 19.7 Å². The molecule has 1 aromatic rings. The Labute approximate surface area is 119 Å². The fourth-order valence-electron chi connectivity index (χ4n) is 2.08. The summed E-state index contributed by atoms with van der Waals surface area (Å²) in [5.74, 6) is -0.599. The van der Waals surface area contributed by atoms with Gasteiger partial charge in [-0.15, -0.1) is 0 Å². The first-order valence-corrected chi connectivity index (χ1v) is 6.84. The fraction of sp³-hybridized carbons (Fsp3) is 0.375. The van der Waals surface area contributed by atoms with Gasteiger partial charge in [0.1, 0.15) is 0 Å². The number of hydrogen-bond donors (Lipinski definition) is 0. The van der Waals surface area contributed by atoms with Gasteiger partial charge >= 0.3 is 5.97 Å². The summed E-state index contributed by atoms with van der Waals surface area (Å²) < 4.78 is 4.94. The molecule has 0 bridgehead atoms. The van der Waals surface area contributed by atoms with E-state index in [0.717, 1.165) is 31.5 Å². The Hall–Kier alpha value is -2.10. The minimum Gasteiger partial charge on any atom is -0.452 e. The van der Waals surface area contributed by atoms with E-state index in [9.17, 15) is 9.59 Å². The van der Waals surface area contributed by atoms with Gasteiger partial charge in [0, 0.05) is 19.2 Å². The molecule has 0 N–H and O–H groups in total. The van der Waals surface area contributed by atoms with Crippen molar-refractivity contribution >= 4 is 18.0 Å². The maximum absolute atomic E-state index is 11.7. The smallest absolute Gasteiger partial charge is 0.331 e. The third kappa shape index (κ3) is 4.23. The number of carbonyl (C=O) groups excluding carboxylic acids is 2. The Balaban J connectivity index is 1.77. The molecular formula is C16H19NO3. The van der Waals surface area contributed by atoms with Crippen LogP contribution in [0.25, 0.3) is 6.08 Å². The molecule has 0 aromatic heterocycles. The maximum atomic E-state index is 11.7. The second-order valence-electron chi connectivity index (χ2n) is 4.94. The van der Waals surface area contributed by atoms with Gasteiger partial charge in [-0.2, -0.15) is 0 Å². The first kappa shape index (κ1) is 14.3. The van der Waals surface area contributed by atoms with Crippen molar-refractivity contribution in [1.29, 1.82) is 0 Å². The molecule has 0 atom stereocenters. The molecule has 106 valence electrons. The molecule has 2 rings (SSSR count). The summed E-state index contributed by atoms with van der Waals surface area (Å²) in [7, 11) is 0. The lowest BCUT2D eigenvalue weighted by Crippen LogP contribution is -2.31. The number of benzene rings is 1. The molecule has 0 aliphatic carbocycles. The predicted octanol–water partition coefficient (Wildman–Crippen LogP) is 2.17. The van der Waals surface area contributed by atoms with Crippen LogP contribution in [0.5, 0.6) is 0 Å². The van der Waals surface area contributed by atoms with Crippen LogP contribution in [0.1, 0.15) is 24.0 Å². The number of hydrogen-bond acceptors (Lipinski definition) is 3. The van der Waals surface area contributed by atoms with Crippen molar-refractivity contribution in [2.24, 2.45) is 0 Å². The van der Waals surface area contributed by atoms with E-state index in [-0.39, 0.29) is 12.5 Å². The quantitative estimate of drug-likeness (QED) is 0.624. The number of aryl methyl sites for hydroxylation is 1. The normalized spacial score (nSPS) is 14.8. The highest BCUT2D eigenvalue weighted by Crippen LogP contribution is 2.08. The molecule has 1 saturated heterocycles. The Morgan fingerprint density at radius 2 is 1.85 bits per heavy atom. The van der Waals surface area contributed by atoms with Crippen LogP contribution in [0.3, 0.4) is 0 Å². The zero-order chi connectivity index (χ0) is 14.4. The monoisotopic (exact) mass is 273 g/mol. The number of amides is 1. The van der Waals surface area contributed by atoms with E-state index in [4.69, 9.17) is 4.74 Å². The summed E-state index contributed by atoms with van der Waals surface area (Å²) in [6, 6.07) is 7.80. The number of esters is 1. The van der Waals surface area contributed by atoms with Crippen LogP contribution < -0.4 is 0 Å². The van der Waals surface area contributed by atoms with Crippen molar-refractivity contribution in [1.82, 2.24) is 4.90 Å². The number of nitrogens with zero attached hydrogens (tertiary/aromatic N) is 1. The van der Waals surface area contributed by atoms with Crippen LogP contribution in [-0.4, -0.2) is 36.5 Å². The van der Waals surface area contributed by atoms with Gasteiger partial charge in [-0.05, 0) is 31.4 Å². The molecule has 1 aliphatic rings. The highest BCUT2D eigenvalue weighted by molar-refractivity contribution is 5.89. The Morgan fingerprint density at radius 3 is 2.50 bits per heavy atom. The van der Waals surface area contributed by atoms with E-state index >= 15 is 0 Å². The van der Waals surface area contributed by atoms with Crippen LogP contribution in [0.2, 0.25) is 0 Å². The number of likely N-dealkylation sites (tertiary alicyclic amines) is 1. The van der Waals surface area contributed by atoms with E-state index in [1.165, 1.54) is 11.6 Å². The molecule has 0 spiro atoms. The Kier molecular flexibility index (Phi) is 4.93. The zero-order valence-corrected chi connectivity index (χ0v) is 11.7. The zero-order valence-electron chi connectivity index (χ0n) is 11.7. The minimum atomic E-state index is -0.488. The highest BCUT2D eigenvalue weighted by atomic mass is 16.5. The summed E-state index contributed by atoms with van der Waals surface area (Å²) in [5, 5.41) is 0. The van der Waals surface area contributed by atoms with Gasteiger partial charge in [-0.25, -0.2) is 4.79 Å². The summed E-state index contributed by atoms with van der Waals surface area (Å²) in [6.45, 7) is 3.38. The van der Waals surface area contributed by atoms with Gasteiger partial charge in [-0.3, -0.25) is 4.79 Å². The van der Waals surface area contributed by atoms with Gasteiger partial charge in [0.05, 0.1) is 0 Å². The number of rotatable bonds is 4. The molecule has 1 aromatic carbocycles. The summed E-state index contributed by atoms with van der Waals surface area (Å²) in [4.78, 5) is 24.9. The molecule has 1 heterocycles. The second kappa shape index (κ2) is 6.89. The van der Waals surface area contributed by atoms with Gasteiger partial charge in [0.2, 0.25) is 0 Å². The predicted molar refractivity (Wildman–Crippen MR) is 77.0 cm³/mol. The molecule has 0 unspecified atom stereocenters. The SMILES string of the molecule is Cc1ccc(C=CC(=O)OCC(=O)N2CCCC2)cc1. The molecular weight excluding hydrogens is 254 g/mol. The van der Waals surface area contributed by atoms with Crippen LogP contribution in [0.4, 0.5) is 0 Å². The Bertz CT molecular complexity index is 499. The lowest BCUT2D eigenvalue weighted by molar-refractivity contribution is -0.147. The summed E-state index contributed by atoms with van der Waals surface area (Å²) in [6.07, 6.45) is 5.10. The molecule has 1 amide bonds.